The molecule has 2 aromatic carbocycles. The van der Waals surface area contributed by atoms with Crippen molar-refractivity contribution in [1.29, 1.82) is 0 Å². The van der Waals surface area contributed by atoms with E-state index in [4.69, 9.17) is 16.3 Å². The number of carbonyl (C=O) groups excluding carboxylic acids is 1. The van der Waals surface area contributed by atoms with Gasteiger partial charge in [0, 0.05) is 16.1 Å². The topological polar surface area (TPSA) is 46.5 Å². The third-order valence-corrected chi connectivity index (χ3v) is 3.25. The summed E-state index contributed by atoms with van der Waals surface area (Å²) >= 11 is 5.84. The van der Waals surface area contributed by atoms with Crippen molar-refractivity contribution in [3.8, 4) is 11.8 Å². The van der Waals surface area contributed by atoms with Crippen LogP contribution in [0.2, 0.25) is 5.02 Å². The zero-order valence-electron chi connectivity index (χ0n) is 12.0. The van der Waals surface area contributed by atoms with E-state index in [1.807, 2.05) is 18.2 Å². The van der Waals surface area contributed by atoms with Crippen molar-refractivity contribution in [2.24, 2.45) is 0 Å². The Kier molecular flexibility index (Phi) is 5.21. The molecule has 4 heteroatoms. The lowest BCUT2D eigenvalue weighted by atomic mass is 9.94. The van der Waals surface area contributed by atoms with E-state index in [2.05, 4.69) is 11.8 Å². The number of aliphatic hydroxyl groups is 1. The van der Waals surface area contributed by atoms with Crippen LogP contribution < -0.4 is 0 Å². The van der Waals surface area contributed by atoms with Gasteiger partial charge in [0.15, 0.2) is 0 Å². The monoisotopic (exact) mass is 314 g/mol. The van der Waals surface area contributed by atoms with Crippen molar-refractivity contribution < 1.29 is 14.6 Å². The zero-order valence-corrected chi connectivity index (χ0v) is 12.8. The van der Waals surface area contributed by atoms with Gasteiger partial charge >= 0.3 is 5.97 Å². The fraction of sp³-hybridized carbons (Fsp3) is 0.167. The molecule has 0 aliphatic heterocycles. The van der Waals surface area contributed by atoms with E-state index >= 15 is 0 Å². The van der Waals surface area contributed by atoms with Gasteiger partial charge in [-0.3, -0.25) is 0 Å². The van der Waals surface area contributed by atoms with E-state index in [9.17, 15) is 9.90 Å². The van der Waals surface area contributed by atoms with Crippen LogP contribution >= 0.6 is 11.6 Å². The van der Waals surface area contributed by atoms with Gasteiger partial charge in [-0.2, -0.15) is 0 Å². The Labute approximate surface area is 134 Å². The van der Waals surface area contributed by atoms with Crippen molar-refractivity contribution in [2.45, 2.75) is 12.5 Å². The fourth-order valence-electron chi connectivity index (χ4n) is 1.85. The molecule has 0 spiro atoms. The van der Waals surface area contributed by atoms with E-state index in [1.54, 1.807) is 43.3 Å². The van der Waals surface area contributed by atoms with Crippen molar-refractivity contribution in [3.63, 3.8) is 0 Å². The highest BCUT2D eigenvalue weighted by Crippen LogP contribution is 2.24. The molecule has 3 nitrogen and oxygen atoms in total. The molecular weight excluding hydrogens is 300 g/mol. The third-order valence-electron chi connectivity index (χ3n) is 2.99. The molecule has 112 valence electrons. The molecule has 2 aromatic rings. The summed E-state index contributed by atoms with van der Waals surface area (Å²) in [7, 11) is 0. The summed E-state index contributed by atoms with van der Waals surface area (Å²) in [4.78, 5) is 12.2. The molecule has 0 radical (unpaired) electrons. The van der Waals surface area contributed by atoms with Crippen LogP contribution in [0.4, 0.5) is 0 Å². The number of hydrogen-bond acceptors (Lipinski definition) is 3. The van der Waals surface area contributed by atoms with Gasteiger partial charge in [0.2, 0.25) is 0 Å². The van der Waals surface area contributed by atoms with E-state index in [0.29, 0.717) is 16.1 Å². The molecule has 0 aliphatic carbocycles. The molecule has 0 bridgehead atoms. The highest BCUT2D eigenvalue weighted by molar-refractivity contribution is 6.30. The van der Waals surface area contributed by atoms with Gasteiger partial charge in [0.1, 0.15) is 0 Å². The third kappa shape index (κ3) is 3.67. The van der Waals surface area contributed by atoms with Gasteiger partial charge in [-0.25, -0.2) is 4.79 Å². The zero-order chi connectivity index (χ0) is 16.0. The van der Waals surface area contributed by atoms with Crippen LogP contribution in [0.3, 0.4) is 0 Å². The largest absolute Gasteiger partial charge is 0.463 e. The molecule has 0 saturated heterocycles. The second-order valence-corrected chi connectivity index (χ2v) is 4.99. The number of benzene rings is 2. The maximum absolute atomic E-state index is 12.2. The summed E-state index contributed by atoms with van der Waals surface area (Å²) in [5, 5.41) is 11.2. The maximum atomic E-state index is 12.2. The van der Waals surface area contributed by atoms with Crippen LogP contribution in [-0.2, 0) is 15.1 Å². The molecule has 22 heavy (non-hydrogen) atoms. The second-order valence-electron chi connectivity index (χ2n) is 4.55. The number of ether oxygens (including phenoxy) is 1. The Morgan fingerprint density at radius 3 is 2.41 bits per heavy atom. The summed E-state index contributed by atoms with van der Waals surface area (Å²) in [6.07, 6.45) is 0. The average molecular weight is 315 g/mol. The van der Waals surface area contributed by atoms with Gasteiger partial charge in [-0.1, -0.05) is 47.9 Å². The molecule has 0 aromatic heterocycles. The van der Waals surface area contributed by atoms with E-state index in [-0.39, 0.29) is 6.61 Å². The minimum absolute atomic E-state index is 0.155. The van der Waals surface area contributed by atoms with Crippen molar-refractivity contribution in [2.75, 3.05) is 6.61 Å². The van der Waals surface area contributed by atoms with Crippen molar-refractivity contribution in [3.05, 3.63) is 70.7 Å². The number of esters is 1. The molecule has 1 N–H and O–H groups in total. The minimum atomic E-state index is -2.03. The summed E-state index contributed by atoms with van der Waals surface area (Å²) in [5.74, 6) is 4.62. The quantitative estimate of drug-likeness (QED) is 0.699. The van der Waals surface area contributed by atoms with Gasteiger partial charge in [0.25, 0.3) is 5.60 Å². The van der Waals surface area contributed by atoms with Crippen LogP contribution in [0.15, 0.2) is 54.6 Å². The Balaban J connectivity index is 2.44. The Bertz CT molecular complexity index is 699. The molecule has 0 amide bonds. The molecule has 2 rings (SSSR count). The Hall–Kier alpha value is -2.28. The summed E-state index contributed by atoms with van der Waals surface area (Å²) in [6.45, 7) is 1.83. The predicted octanol–water partition coefficient (Wildman–Crippen LogP) is 3.14. The van der Waals surface area contributed by atoms with Crippen LogP contribution in [0.25, 0.3) is 0 Å². The lowest BCUT2D eigenvalue weighted by Crippen LogP contribution is -2.36. The van der Waals surface area contributed by atoms with Gasteiger partial charge in [0.05, 0.1) is 6.61 Å². The predicted molar refractivity (Wildman–Crippen MR) is 85.3 cm³/mol. The fourth-order valence-corrected chi connectivity index (χ4v) is 1.98. The van der Waals surface area contributed by atoms with Crippen LogP contribution in [0.5, 0.6) is 0 Å². The summed E-state index contributed by atoms with van der Waals surface area (Å²) < 4.78 is 4.96. The van der Waals surface area contributed by atoms with Gasteiger partial charge < -0.3 is 9.84 Å². The SMILES string of the molecule is CCOC(=O)[C@@](O)(C#Cc1ccccc1)c1ccc(Cl)cc1. The normalized spacial score (nSPS) is 12.7. The van der Waals surface area contributed by atoms with E-state index in [1.165, 1.54) is 0 Å². The Morgan fingerprint density at radius 1 is 1.18 bits per heavy atom. The molecule has 0 aliphatic rings. The highest BCUT2D eigenvalue weighted by Gasteiger charge is 2.38. The van der Waals surface area contributed by atoms with E-state index in [0.717, 1.165) is 0 Å². The Morgan fingerprint density at radius 2 is 1.82 bits per heavy atom. The molecule has 0 heterocycles. The first-order chi connectivity index (χ1) is 10.6. The highest BCUT2D eigenvalue weighted by atomic mass is 35.5. The standard InChI is InChI=1S/C18H15ClO3/c1-2-22-17(20)18(21,15-8-10-16(19)11-9-15)13-12-14-6-4-3-5-7-14/h3-11,21H,2H2,1H3/t18-/m1/s1. The van der Waals surface area contributed by atoms with Gasteiger partial charge in [-0.05, 0) is 37.1 Å². The van der Waals surface area contributed by atoms with Crippen molar-refractivity contribution >= 4 is 17.6 Å². The molecule has 0 fully saturated rings. The van der Waals surface area contributed by atoms with Crippen molar-refractivity contribution in [1.82, 2.24) is 0 Å². The first-order valence-electron chi connectivity index (χ1n) is 6.80. The average Bonchev–Trinajstić information content (AvgIpc) is 2.54. The maximum Gasteiger partial charge on any atom is 0.355 e. The first-order valence-corrected chi connectivity index (χ1v) is 7.18. The molecule has 0 saturated carbocycles. The lowest BCUT2D eigenvalue weighted by Gasteiger charge is -2.20. The smallest absolute Gasteiger partial charge is 0.355 e. The number of carbonyl (C=O) groups is 1. The second kappa shape index (κ2) is 7.13. The van der Waals surface area contributed by atoms with Crippen LogP contribution in [0, 0.1) is 11.8 Å². The van der Waals surface area contributed by atoms with Gasteiger partial charge in [-0.15, -0.1) is 0 Å². The minimum Gasteiger partial charge on any atom is -0.463 e. The summed E-state index contributed by atoms with van der Waals surface area (Å²) in [6, 6.07) is 15.4. The lowest BCUT2D eigenvalue weighted by molar-refractivity contribution is -0.159. The number of halogens is 1. The molecule has 0 unspecified atom stereocenters. The summed E-state index contributed by atoms with van der Waals surface area (Å²) in [5.41, 5.74) is -1.02. The molecule has 1 atom stereocenters. The van der Waals surface area contributed by atoms with Crippen LogP contribution in [-0.4, -0.2) is 17.7 Å². The first kappa shape index (κ1) is 16.1. The van der Waals surface area contributed by atoms with E-state index < -0.39 is 11.6 Å². The number of rotatable bonds is 3. The van der Waals surface area contributed by atoms with Crippen LogP contribution in [0.1, 0.15) is 18.1 Å². The molecular formula is C18H15ClO3. The number of hydrogen-bond donors (Lipinski definition) is 1.